The second kappa shape index (κ2) is 10.8. The van der Waals surface area contributed by atoms with Crippen LogP contribution in [0.4, 0.5) is 4.39 Å². The Bertz CT molecular complexity index is 1200. The number of aryl methyl sites for hydroxylation is 2. The Morgan fingerprint density at radius 1 is 1.17 bits per heavy atom. The van der Waals surface area contributed by atoms with Gasteiger partial charge in [-0.15, -0.1) is 0 Å². The van der Waals surface area contributed by atoms with Gasteiger partial charge in [0.05, 0.1) is 29.6 Å². The molecule has 3 aromatic rings. The van der Waals surface area contributed by atoms with Gasteiger partial charge in [0.25, 0.3) is 0 Å². The Labute approximate surface area is 212 Å². The van der Waals surface area contributed by atoms with Crippen LogP contribution in [0.2, 0.25) is 0 Å². The van der Waals surface area contributed by atoms with Crippen LogP contribution in [0.25, 0.3) is 5.69 Å². The van der Waals surface area contributed by atoms with Crippen LogP contribution in [0.3, 0.4) is 0 Å². The summed E-state index contributed by atoms with van der Waals surface area (Å²) in [7, 11) is 0. The molecule has 36 heavy (non-hydrogen) atoms. The highest BCUT2D eigenvalue weighted by Gasteiger charge is 2.33. The van der Waals surface area contributed by atoms with Gasteiger partial charge in [-0.05, 0) is 81.0 Å². The number of hydrogen-bond donors (Lipinski definition) is 0. The summed E-state index contributed by atoms with van der Waals surface area (Å²) in [5.74, 6) is 1.22. The van der Waals surface area contributed by atoms with E-state index in [0.717, 1.165) is 55.5 Å². The Morgan fingerprint density at radius 3 is 2.61 bits per heavy atom. The number of benzene rings is 2. The van der Waals surface area contributed by atoms with Crippen LogP contribution in [0.15, 0.2) is 48.5 Å². The molecule has 1 atom stereocenters. The van der Waals surface area contributed by atoms with Crippen LogP contribution >= 0.6 is 0 Å². The normalized spacial score (nSPS) is 17.7. The first-order chi connectivity index (χ1) is 17.5. The molecule has 6 nitrogen and oxygen atoms in total. The van der Waals surface area contributed by atoms with Crippen molar-refractivity contribution in [1.29, 1.82) is 0 Å². The molecule has 1 amide bonds. The maximum Gasteiger partial charge on any atom is 0.227 e. The van der Waals surface area contributed by atoms with Gasteiger partial charge in [0.1, 0.15) is 11.6 Å². The summed E-state index contributed by atoms with van der Waals surface area (Å²) >= 11 is 0. The van der Waals surface area contributed by atoms with Gasteiger partial charge in [-0.2, -0.15) is 5.10 Å². The molecule has 5 rings (SSSR count). The zero-order valence-corrected chi connectivity index (χ0v) is 21.1. The number of ether oxygens (including phenoxy) is 2. The number of halogens is 1. The van der Waals surface area contributed by atoms with Crippen molar-refractivity contribution >= 4 is 5.91 Å². The molecule has 0 unspecified atom stereocenters. The van der Waals surface area contributed by atoms with Gasteiger partial charge in [-0.25, -0.2) is 9.07 Å². The third kappa shape index (κ3) is 5.31. The predicted octanol–water partition coefficient (Wildman–Crippen LogP) is 5.98. The molecule has 1 saturated heterocycles. The molecule has 1 saturated carbocycles. The van der Waals surface area contributed by atoms with E-state index in [9.17, 15) is 9.18 Å². The van der Waals surface area contributed by atoms with Crippen LogP contribution in [0, 0.1) is 18.7 Å². The van der Waals surface area contributed by atoms with E-state index < -0.39 is 0 Å². The molecule has 7 heteroatoms. The Morgan fingerprint density at radius 2 is 1.97 bits per heavy atom. The highest BCUT2D eigenvalue weighted by molar-refractivity contribution is 5.79. The molecule has 2 aromatic carbocycles. The first kappa shape index (κ1) is 24.5. The van der Waals surface area contributed by atoms with Gasteiger partial charge in [0.15, 0.2) is 0 Å². The van der Waals surface area contributed by atoms with E-state index >= 15 is 0 Å². The second-order valence-corrected chi connectivity index (χ2v) is 9.87. The molecule has 1 aliphatic heterocycles. The van der Waals surface area contributed by atoms with Gasteiger partial charge in [-0.3, -0.25) is 4.79 Å². The van der Waals surface area contributed by atoms with Crippen LogP contribution < -0.4 is 4.74 Å². The monoisotopic (exact) mass is 491 g/mol. The molecule has 2 fully saturated rings. The van der Waals surface area contributed by atoms with E-state index in [1.165, 1.54) is 12.1 Å². The minimum absolute atomic E-state index is 0.0624. The van der Waals surface area contributed by atoms with Crippen molar-refractivity contribution in [3.63, 3.8) is 0 Å². The van der Waals surface area contributed by atoms with Crippen molar-refractivity contribution in [1.82, 2.24) is 14.7 Å². The molecule has 1 aromatic heterocycles. The quantitative estimate of drug-likeness (QED) is 0.369. The van der Waals surface area contributed by atoms with Gasteiger partial charge in [0.2, 0.25) is 11.8 Å². The second-order valence-electron chi connectivity index (χ2n) is 9.87. The number of nitrogens with zero attached hydrogens (tertiary/aromatic N) is 3. The van der Waals surface area contributed by atoms with Crippen molar-refractivity contribution in [2.45, 2.75) is 65.0 Å². The standard InChI is InChI=1S/C29H34FN3O3/c1-3-27-26(19-32(18-25-11-6-16-35-25)28(34)21-8-5-9-21)29(36-24-10-4-7-20(2)17-24)33(31-27)23-14-12-22(30)13-15-23/h4,7,10,12-15,17,21,25H,3,5-6,8-9,11,16,18-19H2,1-2H3/t25-/m0/s1. The van der Waals surface area contributed by atoms with E-state index in [4.69, 9.17) is 14.6 Å². The van der Waals surface area contributed by atoms with Crippen molar-refractivity contribution < 1.29 is 18.7 Å². The molecule has 2 aliphatic rings. The summed E-state index contributed by atoms with van der Waals surface area (Å²) in [6.07, 6.45) is 5.74. The highest BCUT2D eigenvalue weighted by Crippen LogP contribution is 2.35. The predicted molar refractivity (Wildman–Crippen MR) is 136 cm³/mol. The van der Waals surface area contributed by atoms with E-state index in [1.807, 2.05) is 36.1 Å². The lowest BCUT2D eigenvalue weighted by Crippen LogP contribution is -2.42. The van der Waals surface area contributed by atoms with E-state index in [0.29, 0.717) is 36.8 Å². The molecule has 190 valence electrons. The number of rotatable bonds is 9. The minimum Gasteiger partial charge on any atom is -0.439 e. The number of aromatic nitrogens is 2. The highest BCUT2D eigenvalue weighted by atomic mass is 19.1. The van der Waals surface area contributed by atoms with Crippen LogP contribution in [-0.2, 0) is 22.5 Å². The largest absolute Gasteiger partial charge is 0.439 e. The summed E-state index contributed by atoms with van der Waals surface area (Å²) in [6, 6.07) is 14.1. The smallest absolute Gasteiger partial charge is 0.227 e. The third-order valence-corrected chi connectivity index (χ3v) is 7.19. The lowest BCUT2D eigenvalue weighted by atomic mass is 9.84. The van der Waals surface area contributed by atoms with E-state index in [1.54, 1.807) is 16.8 Å². The minimum atomic E-state index is -0.308. The number of carbonyl (C=O) groups excluding carboxylic acids is 1. The Balaban J connectivity index is 1.55. The maximum absolute atomic E-state index is 13.7. The summed E-state index contributed by atoms with van der Waals surface area (Å²) in [4.78, 5) is 15.5. The zero-order chi connectivity index (χ0) is 25.1. The number of amides is 1. The van der Waals surface area contributed by atoms with Gasteiger partial charge in [0, 0.05) is 19.1 Å². The van der Waals surface area contributed by atoms with Crippen LogP contribution in [0.1, 0.15) is 55.8 Å². The molecule has 0 radical (unpaired) electrons. The van der Waals surface area contributed by atoms with Crippen molar-refractivity contribution in [2.75, 3.05) is 13.2 Å². The first-order valence-electron chi connectivity index (χ1n) is 13.0. The molecule has 0 N–H and O–H groups in total. The molecule has 1 aliphatic carbocycles. The molecule has 0 bridgehead atoms. The zero-order valence-electron chi connectivity index (χ0n) is 21.1. The van der Waals surface area contributed by atoms with Crippen molar-refractivity contribution in [2.24, 2.45) is 5.92 Å². The summed E-state index contributed by atoms with van der Waals surface area (Å²) in [5.41, 5.74) is 3.53. The van der Waals surface area contributed by atoms with Crippen LogP contribution in [-0.4, -0.2) is 39.8 Å². The Hall–Kier alpha value is -3.19. The number of hydrogen-bond acceptors (Lipinski definition) is 4. The fourth-order valence-corrected chi connectivity index (χ4v) is 4.94. The molecule has 0 spiro atoms. The maximum atomic E-state index is 13.7. The Kier molecular flexibility index (Phi) is 7.37. The van der Waals surface area contributed by atoms with Crippen LogP contribution in [0.5, 0.6) is 11.6 Å². The SMILES string of the molecule is CCc1nn(-c2ccc(F)cc2)c(Oc2cccc(C)c2)c1CN(C[C@@H]1CCCO1)C(=O)C1CCC1. The number of carbonyl (C=O) groups is 1. The van der Waals surface area contributed by atoms with Gasteiger partial charge >= 0.3 is 0 Å². The molecular weight excluding hydrogens is 457 g/mol. The fourth-order valence-electron chi connectivity index (χ4n) is 4.94. The average molecular weight is 492 g/mol. The van der Waals surface area contributed by atoms with Gasteiger partial charge < -0.3 is 14.4 Å². The average Bonchev–Trinajstić information content (AvgIpc) is 3.46. The fraction of sp³-hybridized carbons (Fsp3) is 0.448. The van der Waals surface area contributed by atoms with Crippen molar-refractivity contribution in [3.05, 3.63) is 71.2 Å². The summed E-state index contributed by atoms with van der Waals surface area (Å²) < 4.78 is 27.8. The van der Waals surface area contributed by atoms with E-state index in [-0.39, 0.29) is 23.7 Å². The molecule has 2 heterocycles. The van der Waals surface area contributed by atoms with Gasteiger partial charge in [-0.1, -0.05) is 25.5 Å². The molecular formula is C29H34FN3O3. The third-order valence-electron chi connectivity index (χ3n) is 7.19. The summed E-state index contributed by atoms with van der Waals surface area (Å²) in [6.45, 7) is 5.80. The lowest BCUT2D eigenvalue weighted by Gasteiger charge is -2.33. The first-order valence-corrected chi connectivity index (χ1v) is 13.0. The van der Waals surface area contributed by atoms with Crippen molar-refractivity contribution in [3.8, 4) is 17.3 Å². The lowest BCUT2D eigenvalue weighted by molar-refractivity contribution is -0.140. The topological polar surface area (TPSA) is 56.6 Å². The summed E-state index contributed by atoms with van der Waals surface area (Å²) in [5, 5.41) is 4.87. The van der Waals surface area contributed by atoms with E-state index in [2.05, 4.69) is 6.92 Å².